The van der Waals surface area contributed by atoms with Crippen molar-refractivity contribution in [2.75, 3.05) is 41.3 Å². The number of carbonyl (C=O) groups excluding carboxylic acids is 3. The van der Waals surface area contributed by atoms with Gasteiger partial charge >= 0.3 is 12.1 Å². The fourth-order valence-electron chi connectivity index (χ4n) is 7.94. The summed E-state index contributed by atoms with van der Waals surface area (Å²) in [7, 11) is 7.49. The lowest BCUT2D eigenvalue weighted by Gasteiger charge is -2.47. The first-order valence-electron chi connectivity index (χ1n) is 18.2. The Balaban J connectivity index is 2.06. The number of likely N-dealkylation sites (N-methyl/N-ethyl adjacent to an activating group) is 2. The monoisotopic (exact) mass is 698 g/mol. The topological polar surface area (TPSA) is 148 Å². The molecule has 13 atom stereocenters. The van der Waals surface area contributed by atoms with Crippen molar-refractivity contribution in [3.8, 4) is 0 Å². The summed E-state index contributed by atoms with van der Waals surface area (Å²) in [5.74, 6) is -2.93. The molecule has 0 spiro atoms. The molecule has 3 N–H and O–H groups in total. The summed E-state index contributed by atoms with van der Waals surface area (Å²) in [6, 6.07) is -0.683. The number of nitrogens with zero attached hydrogens (tertiary/aromatic N) is 2. The number of esters is 1. The predicted molar refractivity (Wildman–Crippen MR) is 186 cm³/mol. The number of cyclic esters (lactones) is 1. The van der Waals surface area contributed by atoms with Crippen LogP contribution in [0.3, 0.4) is 0 Å². The SMILES string of the molecule is CCC1C(=O)O[C@H](CC)[C@@]2(C)OC(=O)N[C@@H]2[C@@H](C)NC[C@H](C)C[C@@](C)(OC)[C@H](OC2OC(CN(C)C(C)C)CC(N(C)C)C2O)[C@@H](C)C1=O. The number of hydrogen-bond donors (Lipinski definition) is 3. The Morgan fingerprint density at radius 3 is 2.27 bits per heavy atom. The minimum Gasteiger partial charge on any atom is -0.457 e. The fraction of sp³-hybridized carbons (Fsp3) is 0.917. The number of aliphatic hydroxyl groups excluding tert-OH is 1. The molecular weight excluding hydrogens is 632 g/mol. The lowest BCUT2D eigenvalue weighted by Crippen LogP contribution is -2.60. The van der Waals surface area contributed by atoms with E-state index >= 15 is 0 Å². The highest BCUT2D eigenvalue weighted by atomic mass is 16.7. The molecule has 284 valence electrons. The normalized spacial score (nSPS) is 41.6. The van der Waals surface area contributed by atoms with Crippen LogP contribution in [0, 0.1) is 17.8 Å². The smallest absolute Gasteiger partial charge is 0.408 e. The lowest BCUT2D eigenvalue weighted by atomic mass is 9.78. The third-order valence-electron chi connectivity index (χ3n) is 11.3. The Morgan fingerprint density at radius 1 is 1.06 bits per heavy atom. The number of fused-ring (bicyclic) bond motifs is 1. The summed E-state index contributed by atoms with van der Waals surface area (Å²) < 4.78 is 31.4. The molecule has 3 aliphatic rings. The number of carbonyl (C=O) groups is 3. The van der Waals surface area contributed by atoms with Crippen LogP contribution in [0.25, 0.3) is 0 Å². The van der Waals surface area contributed by atoms with E-state index in [2.05, 4.69) is 36.3 Å². The van der Waals surface area contributed by atoms with Crippen molar-refractivity contribution in [1.29, 1.82) is 0 Å². The van der Waals surface area contributed by atoms with Crippen LogP contribution in [0.1, 0.15) is 88.0 Å². The van der Waals surface area contributed by atoms with Crippen molar-refractivity contribution in [2.45, 2.75) is 154 Å². The summed E-state index contributed by atoms with van der Waals surface area (Å²) in [6.45, 7) is 18.6. The predicted octanol–water partition coefficient (Wildman–Crippen LogP) is 2.96. The first-order chi connectivity index (χ1) is 22.8. The second kappa shape index (κ2) is 17.1. The number of ether oxygens (including phenoxy) is 5. The number of amides is 1. The van der Waals surface area contributed by atoms with E-state index in [-0.39, 0.29) is 36.3 Å². The molecule has 0 bridgehead atoms. The van der Waals surface area contributed by atoms with Crippen molar-refractivity contribution in [1.82, 2.24) is 20.4 Å². The molecule has 0 aromatic rings. The minimum absolute atomic E-state index is 0.0243. The van der Waals surface area contributed by atoms with Crippen LogP contribution in [-0.4, -0.2) is 140 Å². The van der Waals surface area contributed by atoms with E-state index in [9.17, 15) is 19.5 Å². The highest BCUT2D eigenvalue weighted by Gasteiger charge is 2.55. The molecule has 0 radical (unpaired) electrons. The number of alkyl carbamates (subject to hydrolysis) is 1. The molecule has 49 heavy (non-hydrogen) atoms. The van der Waals surface area contributed by atoms with E-state index in [1.807, 2.05) is 46.8 Å². The average molecular weight is 699 g/mol. The molecule has 0 aliphatic carbocycles. The first-order valence-corrected chi connectivity index (χ1v) is 18.2. The van der Waals surface area contributed by atoms with Crippen LogP contribution < -0.4 is 10.6 Å². The Hall–Kier alpha value is -1.87. The third-order valence-corrected chi connectivity index (χ3v) is 11.3. The van der Waals surface area contributed by atoms with Crippen LogP contribution in [0.2, 0.25) is 0 Å². The molecule has 3 heterocycles. The maximum absolute atomic E-state index is 14.4. The van der Waals surface area contributed by atoms with Crippen LogP contribution in [-0.2, 0) is 33.3 Å². The van der Waals surface area contributed by atoms with Gasteiger partial charge in [0, 0.05) is 37.7 Å². The number of rotatable bonds is 9. The number of Topliss-reactive ketones (excluding diaryl/α,β-unsaturated/α-hetero) is 1. The van der Waals surface area contributed by atoms with E-state index in [4.69, 9.17) is 23.7 Å². The van der Waals surface area contributed by atoms with Crippen LogP contribution in [0.5, 0.6) is 0 Å². The molecule has 0 aromatic heterocycles. The van der Waals surface area contributed by atoms with Gasteiger partial charge in [-0.25, -0.2) is 4.79 Å². The van der Waals surface area contributed by atoms with Gasteiger partial charge in [0.2, 0.25) is 0 Å². The van der Waals surface area contributed by atoms with Crippen molar-refractivity contribution >= 4 is 17.8 Å². The van der Waals surface area contributed by atoms with Gasteiger partial charge in [-0.05, 0) is 93.9 Å². The zero-order valence-corrected chi connectivity index (χ0v) is 32.3. The zero-order chi connectivity index (χ0) is 37.0. The first kappa shape index (κ1) is 41.5. The quantitative estimate of drug-likeness (QED) is 0.240. The molecule has 13 heteroatoms. The van der Waals surface area contributed by atoms with E-state index in [1.54, 1.807) is 27.9 Å². The van der Waals surface area contributed by atoms with Crippen molar-refractivity contribution in [3.63, 3.8) is 0 Å². The maximum atomic E-state index is 14.4. The number of aliphatic hydroxyl groups is 1. The van der Waals surface area contributed by atoms with Gasteiger partial charge in [-0.2, -0.15) is 0 Å². The summed E-state index contributed by atoms with van der Waals surface area (Å²) in [5, 5.41) is 18.1. The van der Waals surface area contributed by atoms with Crippen molar-refractivity contribution in [3.05, 3.63) is 0 Å². The second-order valence-electron chi connectivity index (χ2n) is 15.7. The Bertz CT molecular complexity index is 1130. The average Bonchev–Trinajstić information content (AvgIpc) is 3.35. The van der Waals surface area contributed by atoms with Gasteiger partial charge in [-0.1, -0.05) is 27.7 Å². The Labute approximate surface area is 294 Å². The van der Waals surface area contributed by atoms with Gasteiger partial charge in [-0.3, -0.25) is 9.59 Å². The number of hydrogen-bond acceptors (Lipinski definition) is 12. The molecular formula is C36H66N4O9. The molecule has 0 saturated carbocycles. The highest BCUT2D eigenvalue weighted by molar-refractivity contribution is 6.00. The van der Waals surface area contributed by atoms with E-state index < -0.39 is 65.7 Å². The summed E-state index contributed by atoms with van der Waals surface area (Å²) in [4.78, 5) is 45.1. The standard InChI is InChI=1S/C36H66N4O9/c1-14-25-28(41)22(6)31(48-33-29(42)26(39(10)11)16-24(46-33)19-40(12)20(3)4)35(8,45-13)17-21(5)18-37-23(7)30-36(9,49-34(44)38-30)27(15-2)47-32(25)43/h20-27,29-31,33,37,42H,14-19H2,1-13H3,(H,38,44)/t21-,22+,23-,24?,25?,26?,27-,29?,30-,31-,33?,35-,36-/m1/s1. The Morgan fingerprint density at radius 2 is 1.71 bits per heavy atom. The van der Waals surface area contributed by atoms with Gasteiger partial charge in [0.15, 0.2) is 17.7 Å². The lowest BCUT2D eigenvalue weighted by molar-refractivity contribution is -0.299. The summed E-state index contributed by atoms with van der Waals surface area (Å²) >= 11 is 0. The van der Waals surface area contributed by atoms with Crippen molar-refractivity contribution < 1.29 is 43.2 Å². The molecule has 5 unspecified atom stereocenters. The molecule has 3 rings (SSSR count). The van der Waals surface area contributed by atoms with E-state index in [1.165, 1.54) is 0 Å². The van der Waals surface area contributed by atoms with Gasteiger partial charge in [0.25, 0.3) is 0 Å². The number of ketones is 1. The molecule has 1 amide bonds. The molecule has 0 aromatic carbocycles. The fourth-order valence-corrected chi connectivity index (χ4v) is 7.94. The van der Waals surface area contributed by atoms with Crippen LogP contribution in [0.15, 0.2) is 0 Å². The van der Waals surface area contributed by atoms with Gasteiger partial charge in [0.1, 0.15) is 18.1 Å². The second-order valence-corrected chi connectivity index (χ2v) is 15.7. The molecule has 3 saturated heterocycles. The largest absolute Gasteiger partial charge is 0.457 e. The third kappa shape index (κ3) is 9.33. The summed E-state index contributed by atoms with van der Waals surface area (Å²) in [6.07, 6.45) is -2.85. The van der Waals surface area contributed by atoms with E-state index in [0.29, 0.717) is 38.4 Å². The van der Waals surface area contributed by atoms with Gasteiger partial charge in [-0.15, -0.1) is 0 Å². The maximum Gasteiger partial charge on any atom is 0.408 e. The van der Waals surface area contributed by atoms with Gasteiger partial charge < -0.3 is 49.2 Å². The minimum atomic E-state index is -1.16. The summed E-state index contributed by atoms with van der Waals surface area (Å²) in [5.41, 5.74) is -2.18. The van der Waals surface area contributed by atoms with Crippen molar-refractivity contribution in [2.24, 2.45) is 17.8 Å². The number of nitrogens with one attached hydrogen (secondary N) is 2. The number of methoxy groups -OCH3 is 1. The Kier molecular flexibility index (Phi) is 14.5. The zero-order valence-electron chi connectivity index (χ0n) is 32.3. The molecule has 3 aliphatic heterocycles. The molecule has 13 nitrogen and oxygen atoms in total. The van der Waals surface area contributed by atoms with Crippen LogP contribution in [0.4, 0.5) is 4.79 Å². The van der Waals surface area contributed by atoms with E-state index in [0.717, 1.165) is 0 Å². The molecule has 3 fully saturated rings. The highest BCUT2D eigenvalue weighted by Crippen LogP contribution is 2.38. The van der Waals surface area contributed by atoms with Gasteiger partial charge in [0.05, 0.1) is 23.9 Å². The van der Waals surface area contributed by atoms with Crippen LogP contribution >= 0.6 is 0 Å².